The standard InChI is InChI=1S/C9H8F3N3O2/c1-8(9(10,11)12)5-4(3-17-8)2-14-7(15-5)6(13)16/h2H,3H2,1H3,(H2,13,16). The molecule has 0 radical (unpaired) electrons. The van der Waals surface area contributed by atoms with Crippen LogP contribution in [0, 0.1) is 0 Å². The van der Waals surface area contributed by atoms with Gasteiger partial charge in [-0.15, -0.1) is 0 Å². The molecule has 1 atom stereocenters. The lowest BCUT2D eigenvalue weighted by molar-refractivity contribution is -0.273. The number of aromatic nitrogens is 2. The number of primary amides is 1. The van der Waals surface area contributed by atoms with Crippen molar-refractivity contribution in [1.29, 1.82) is 0 Å². The van der Waals surface area contributed by atoms with E-state index in [1.807, 2.05) is 0 Å². The molecule has 0 aromatic carbocycles. The number of halogens is 3. The molecule has 0 saturated carbocycles. The number of amides is 1. The van der Waals surface area contributed by atoms with Crippen molar-refractivity contribution in [3.8, 4) is 0 Å². The molecule has 17 heavy (non-hydrogen) atoms. The van der Waals surface area contributed by atoms with Gasteiger partial charge in [0.15, 0.2) is 0 Å². The molecule has 2 heterocycles. The molecule has 1 aromatic heterocycles. The molecular weight excluding hydrogens is 239 g/mol. The summed E-state index contributed by atoms with van der Waals surface area (Å²) in [4.78, 5) is 17.9. The first kappa shape index (κ1) is 11.8. The average molecular weight is 247 g/mol. The van der Waals surface area contributed by atoms with Crippen LogP contribution >= 0.6 is 0 Å². The number of hydrogen-bond acceptors (Lipinski definition) is 4. The maximum absolute atomic E-state index is 12.9. The molecule has 5 nitrogen and oxygen atoms in total. The normalized spacial score (nSPS) is 23.5. The maximum Gasteiger partial charge on any atom is 0.422 e. The van der Waals surface area contributed by atoms with Gasteiger partial charge in [-0.3, -0.25) is 4.79 Å². The summed E-state index contributed by atoms with van der Waals surface area (Å²) in [5.41, 5.74) is 2.25. The lowest BCUT2D eigenvalue weighted by Gasteiger charge is -2.26. The Hall–Kier alpha value is -1.70. The molecule has 92 valence electrons. The first-order valence-corrected chi connectivity index (χ1v) is 4.62. The third kappa shape index (κ3) is 1.64. The Balaban J connectivity index is 2.57. The lowest BCUT2D eigenvalue weighted by atomic mass is 10.0. The van der Waals surface area contributed by atoms with E-state index in [0.29, 0.717) is 0 Å². The second-order valence-corrected chi connectivity index (χ2v) is 3.75. The Bertz CT molecular complexity index is 489. The molecule has 1 unspecified atom stereocenters. The zero-order valence-electron chi connectivity index (χ0n) is 8.71. The van der Waals surface area contributed by atoms with E-state index < -0.39 is 23.5 Å². The maximum atomic E-state index is 12.9. The highest BCUT2D eigenvalue weighted by atomic mass is 19.4. The van der Waals surface area contributed by atoms with E-state index in [2.05, 4.69) is 9.97 Å². The molecule has 0 fully saturated rings. The van der Waals surface area contributed by atoms with E-state index in [4.69, 9.17) is 10.5 Å². The summed E-state index contributed by atoms with van der Waals surface area (Å²) in [5, 5.41) is 0. The van der Waals surface area contributed by atoms with Gasteiger partial charge in [0.05, 0.1) is 12.3 Å². The predicted molar refractivity (Wildman–Crippen MR) is 48.7 cm³/mol. The average Bonchev–Trinajstić information content (AvgIpc) is 2.56. The van der Waals surface area contributed by atoms with Gasteiger partial charge in [-0.1, -0.05) is 0 Å². The van der Waals surface area contributed by atoms with Gasteiger partial charge in [0.25, 0.3) is 5.91 Å². The molecule has 1 aliphatic rings. The second-order valence-electron chi connectivity index (χ2n) is 3.75. The highest BCUT2D eigenvalue weighted by Crippen LogP contribution is 2.46. The van der Waals surface area contributed by atoms with Crippen molar-refractivity contribution in [2.75, 3.05) is 0 Å². The monoisotopic (exact) mass is 247 g/mol. The molecule has 0 saturated heterocycles. The summed E-state index contributed by atoms with van der Waals surface area (Å²) in [6.45, 7) is 0.612. The Morgan fingerprint density at radius 3 is 2.76 bits per heavy atom. The van der Waals surface area contributed by atoms with Crippen molar-refractivity contribution >= 4 is 5.91 Å². The Morgan fingerprint density at radius 1 is 1.59 bits per heavy atom. The van der Waals surface area contributed by atoms with Crippen LogP contribution in [0.5, 0.6) is 0 Å². The number of nitrogens with zero attached hydrogens (tertiary/aromatic N) is 2. The van der Waals surface area contributed by atoms with Crippen LogP contribution in [0.15, 0.2) is 6.20 Å². The molecule has 2 N–H and O–H groups in total. The molecule has 1 aliphatic heterocycles. The van der Waals surface area contributed by atoms with Crippen LogP contribution in [0.1, 0.15) is 28.8 Å². The number of hydrogen-bond donors (Lipinski definition) is 1. The van der Waals surface area contributed by atoms with Crippen molar-refractivity contribution in [1.82, 2.24) is 9.97 Å². The number of rotatable bonds is 1. The van der Waals surface area contributed by atoms with E-state index in [-0.39, 0.29) is 17.9 Å². The number of fused-ring (bicyclic) bond motifs is 1. The minimum absolute atomic E-state index is 0.204. The Morgan fingerprint density at radius 2 is 2.24 bits per heavy atom. The number of alkyl halides is 3. The Kier molecular flexibility index (Phi) is 2.35. The summed E-state index contributed by atoms with van der Waals surface area (Å²) < 4.78 is 43.3. The lowest BCUT2D eigenvalue weighted by Crippen LogP contribution is -2.40. The van der Waals surface area contributed by atoms with Gasteiger partial charge < -0.3 is 10.5 Å². The second kappa shape index (κ2) is 3.39. The van der Waals surface area contributed by atoms with Crippen LogP contribution in [-0.4, -0.2) is 22.1 Å². The van der Waals surface area contributed by atoms with Crippen molar-refractivity contribution in [3.63, 3.8) is 0 Å². The quantitative estimate of drug-likeness (QED) is 0.799. The van der Waals surface area contributed by atoms with Crippen molar-refractivity contribution in [2.24, 2.45) is 5.73 Å². The summed E-state index contributed by atoms with van der Waals surface area (Å²) in [7, 11) is 0. The third-order valence-electron chi connectivity index (χ3n) is 2.59. The number of carbonyl (C=O) groups excluding carboxylic acids is 1. The summed E-state index contributed by atoms with van der Waals surface area (Å²) in [5.74, 6) is -1.44. The van der Waals surface area contributed by atoms with Gasteiger partial charge in [0, 0.05) is 11.8 Å². The van der Waals surface area contributed by atoms with Crippen LogP contribution in [0.25, 0.3) is 0 Å². The fraction of sp³-hybridized carbons (Fsp3) is 0.444. The predicted octanol–water partition coefficient (Wildman–Crippen LogP) is 0.883. The van der Waals surface area contributed by atoms with Gasteiger partial charge in [-0.05, 0) is 6.92 Å². The Labute approximate surface area is 93.8 Å². The topological polar surface area (TPSA) is 78.1 Å². The molecule has 2 rings (SSSR count). The summed E-state index contributed by atoms with van der Waals surface area (Å²) in [6, 6.07) is 0. The van der Waals surface area contributed by atoms with Crippen LogP contribution in [0.4, 0.5) is 13.2 Å². The molecule has 0 aliphatic carbocycles. The van der Waals surface area contributed by atoms with Crippen LogP contribution in [0.3, 0.4) is 0 Å². The molecule has 1 amide bonds. The van der Waals surface area contributed by atoms with Crippen LogP contribution < -0.4 is 5.73 Å². The first-order chi connectivity index (χ1) is 7.75. The number of nitrogens with two attached hydrogens (primary N) is 1. The van der Waals surface area contributed by atoms with E-state index >= 15 is 0 Å². The molecule has 8 heteroatoms. The fourth-order valence-corrected chi connectivity index (χ4v) is 1.55. The largest absolute Gasteiger partial charge is 0.422 e. The van der Waals surface area contributed by atoms with Crippen molar-refractivity contribution < 1.29 is 22.7 Å². The van der Waals surface area contributed by atoms with E-state index in [1.165, 1.54) is 0 Å². The zero-order chi connectivity index (χ0) is 12.8. The molecule has 0 bridgehead atoms. The van der Waals surface area contributed by atoms with E-state index in [0.717, 1.165) is 13.1 Å². The van der Waals surface area contributed by atoms with Crippen molar-refractivity contribution in [3.05, 3.63) is 23.3 Å². The van der Waals surface area contributed by atoms with Crippen LogP contribution in [0.2, 0.25) is 0 Å². The van der Waals surface area contributed by atoms with Crippen LogP contribution in [-0.2, 0) is 16.9 Å². The zero-order valence-corrected chi connectivity index (χ0v) is 8.71. The minimum atomic E-state index is -4.62. The molecule has 1 aromatic rings. The number of ether oxygens (including phenoxy) is 1. The third-order valence-corrected chi connectivity index (χ3v) is 2.59. The van der Waals surface area contributed by atoms with E-state index in [9.17, 15) is 18.0 Å². The van der Waals surface area contributed by atoms with Gasteiger partial charge in [0.2, 0.25) is 11.4 Å². The van der Waals surface area contributed by atoms with Gasteiger partial charge in [-0.2, -0.15) is 13.2 Å². The summed E-state index contributed by atoms with van der Waals surface area (Å²) in [6.07, 6.45) is -3.50. The number of carbonyl (C=O) groups is 1. The highest BCUT2D eigenvalue weighted by molar-refractivity contribution is 5.88. The smallest absolute Gasteiger partial charge is 0.363 e. The summed E-state index contributed by atoms with van der Waals surface area (Å²) >= 11 is 0. The van der Waals surface area contributed by atoms with Gasteiger partial charge >= 0.3 is 6.18 Å². The van der Waals surface area contributed by atoms with Gasteiger partial charge in [0.1, 0.15) is 0 Å². The minimum Gasteiger partial charge on any atom is -0.363 e. The fourth-order valence-electron chi connectivity index (χ4n) is 1.55. The van der Waals surface area contributed by atoms with Crippen molar-refractivity contribution in [2.45, 2.75) is 25.3 Å². The highest BCUT2D eigenvalue weighted by Gasteiger charge is 2.58. The molecule has 0 spiro atoms. The SMILES string of the molecule is CC1(C(F)(F)F)OCc2cnc(C(N)=O)nc21. The molecular formula is C9H8F3N3O2. The van der Waals surface area contributed by atoms with E-state index in [1.54, 1.807) is 0 Å². The first-order valence-electron chi connectivity index (χ1n) is 4.62. The van der Waals surface area contributed by atoms with Gasteiger partial charge in [-0.25, -0.2) is 9.97 Å².